The van der Waals surface area contributed by atoms with E-state index in [1.807, 2.05) is 26.0 Å². The summed E-state index contributed by atoms with van der Waals surface area (Å²) < 4.78 is 27.4. The van der Waals surface area contributed by atoms with Crippen LogP contribution in [0.2, 0.25) is 0 Å². The van der Waals surface area contributed by atoms with Gasteiger partial charge in [0.1, 0.15) is 11.6 Å². The molecule has 3 rings (SSSR count). The summed E-state index contributed by atoms with van der Waals surface area (Å²) in [7, 11) is 0. The van der Waals surface area contributed by atoms with Gasteiger partial charge in [-0.2, -0.15) is 0 Å². The Morgan fingerprint density at radius 2 is 1.93 bits per heavy atom. The molecule has 0 saturated carbocycles. The van der Waals surface area contributed by atoms with Crippen molar-refractivity contribution in [3.8, 4) is 0 Å². The Morgan fingerprint density at radius 1 is 1.14 bits per heavy atom. The summed E-state index contributed by atoms with van der Waals surface area (Å²) in [6, 6.07) is 6.83. The van der Waals surface area contributed by atoms with Gasteiger partial charge < -0.3 is 10.6 Å². The van der Waals surface area contributed by atoms with Crippen LogP contribution in [0.15, 0.2) is 30.3 Å². The van der Waals surface area contributed by atoms with E-state index in [0.29, 0.717) is 17.6 Å². The molecule has 8 heteroatoms. The average molecular weight is 403 g/mol. The maximum absolute atomic E-state index is 13.6. The number of nitrogens with zero attached hydrogens (tertiary/aromatic N) is 1. The van der Waals surface area contributed by atoms with Crippen LogP contribution in [-0.4, -0.2) is 23.3 Å². The maximum atomic E-state index is 13.6. The molecular weight excluding hydrogens is 384 g/mol. The number of aryl methyl sites for hydroxylation is 2. The number of hydrogen-bond donors (Lipinski definition) is 2. The monoisotopic (exact) mass is 403 g/mol. The van der Waals surface area contributed by atoms with Crippen molar-refractivity contribution < 1.29 is 18.4 Å². The number of anilines is 1. The predicted octanol–water partition coefficient (Wildman–Crippen LogP) is 4.34. The van der Waals surface area contributed by atoms with Crippen molar-refractivity contribution in [1.82, 2.24) is 10.3 Å². The number of carbonyl (C=O) groups is 2. The van der Waals surface area contributed by atoms with Gasteiger partial charge in [0.15, 0.2) is 5.13 Å². The average Bonchev–Trinajstić information content (AvgIpc) is 3.01. The first kappa shape index (κ1) is 19.9. The van der Waals surface area contributed by atoms with Gasteiger partial charge in [0, 0.05) is 19.0 Å². The van der Waals surface area contributed by atoms with Crippen LogP contribution in [-0.2, 0) is 4.79 Å². The molecule has 0 unspecified atom stereocenters. The number of nitrogens with one attached hydrogen (secondary N) is 2. The Hall–Kier alpha value is -2.87. The Labute approximate surface area is 164 Å². The number of fused-ring (bicyclic) bond motifs is 1. The van der Waals surface area contributed by atoms with Gasteiger partial charge in [-0.15, -0.1) is 0 Å². The molecule has 0 bridgehead atoms. The molecule has 0 radical (unpaired) electrons. The highest BCUT2D eigenvalue weighted by atomic mass is 32.1. The molecule has 1 aromatic heterocycles. The quantitative estimate of drug-likeness (QED) is 0.602. The van der Waals surface area contributed by atoms with Gasteiger partial charge >= 0.3 is 0 Å². The second-order valence-corrected chi connectivity index (χ2v) is 7.51. The highest BCUT2D eigenvalue weighted by molar-refractivity contribution is 7.22. The van der Waals surface area contributed by atoms with E-state index in [-0.39, 0.29) is 24.4 Å². The lowest BCUT2D eigenvalue weighted by molar-refractivity contribution is -0.116. The highest BCUT2D eigenvalue weighted by Crippen LogP contribution is 2.29. The summed E-state index contributed by atoms with van der Waals surface area (Å²) in [4.78, 5) is 28.4. The number of hydrogen-bond acceptors (Lipinski definition) is 4. The van der Waals surface area contributed by atoms with Gasteiger partial charge in [0.05, 0.1) is 15.8 Å². The summed E-state index contributed by atoms with van der Waals surface area (Å²) in [5, 5.41) is 5.82. The van der Waals surface area contributed by atoms with Crippen molar-refractivity contribution in [3.63, 3.8) is 0 Å². The summed E-state index contributed by atoms with van der Waals surface area (Å²) in [6.45, 7) is 4.19. The van der Waals surface area contributed by atoms with Crippen LogP contribution in [0.25, 0.3) is 10.2 Å². The number of aromatic nitrogens is 1. The van der Waals surface area contributed by atoms with Gasteiger partial charge in [0.2, 0.25) is 5.91 Å². The molecule has 1 heterocycles. The van der Waals surface area contributed by atoms with Crippen molar-refractivity contribution in [2.24, 2.45) is 0 Å². The zero-order chi connectivity index (χ0) is 20.3. The summed E-state index contributed by atoms with van der Waals surface area (Å²) in [5.41, 5.74) is 2.84. The minimum absolute atomic E-state index is 0.181. The summed E-state index contributed by atoms with van der Waals surface area (Å²) in [5.74, 6) is -2.52. The van der Waals surface area contributed by atoms with Crippen molar-refractivity contribution in [2.45, 2.75) is 26.7 Å². The van der Waals surface area contributed by atoms with Crippen molar-refractivity contribution in [2.75, 3.05) is 11.9 Å². The maximum Gasteiger partial charge on any atom is 0.254 e. The van der Waals surface area contributed by atoms with E-state index in [1.54, 1.807) is 0 Å². The van der Waals surface area contributed by atoms with Gasteiger partial charge in [-0.1, -0.05) is 17.4 Å². The second-order valence-electron chi connectivity index (χ2n) is 6.48. The van der Waals surface area contributed by atoms with Gasteiger partial charge in [-0.25, -0.2) is 13.8 Å². The third-order valence-electron chi connectivity index (χ3n) is 4.12. The molecular formula is C20H19F2N3O2S. The van der Waals surface area contributed by atoms with E-state index in [2.05, 4.69) is 15.6 Å². The normalized spacial score (nSPS) is 10.9. The first-order chi connectivity index (χ1) is 13.3. The Balaban J connectivity index is 1.48. The Morgan fingerprint density at radius 3 is 2.68 bits per heavy atom. The first-order valence-corrected chi connectivity index (χ1v) is 9.56. The summed E-state index contributed by atoms with van der Waals surface area (Å²) >= 11 is 1.41. The second kappa shape index (κ2) is 8.43. The van der Waals surface area contributed by atoms with Crippen LogP contribution in [0.1, 0.15) is 34.3 Å². The molecule has 0 spiro atoms. The molecule has 0 aliphatic carbocycles. The Bertz CT molecular complexity index is 1050. The third kappa shape index (κ3) is 4.69. The van der Waals surface area contributed by atoms with E-state index in [0.717, 1.165) is 33.5 Å². The topological polar surface area (TPSA) is 71.1 Å². The Kier molecular flexibility index (Phi) is 5.99. The van der Waals surface area contributed by atoms with E-state index in [9.17, 15) is 18.4 Å². The predicted molar refractivity (Wildman–Crippen MR) is 106 cm³/mol. The molecule has 3 aromatic rings. The standard InChI is InChI=1S/C20H19F2N3O2S/c1-11-8-12(2)18-16(9-11)28-20(25-18)24-17(26)4-3-7-23-19(27)14-6-5-13(21)10-15(14)22/h5-6,8-10H,3-4,7H2,1-2H3,(H,23,27)(H,24,25,26). The minimum atomic E-state index is -0.920. The van der Waals surface area contributed by atoms with E-state index in [4.69, 9.17) is 0 Å². The zero-order valence-electron chi connectivity index (χ0n) is 15.4. The number of benzene rings is 2. The molecule has 0 saturated heterocycles. The zero-order valence-corrected chi connectivity index (χ0v) is 16.3. The fraction of sp³-hybridized carbons (Fsp3) is 0.250. The van der Waals surface area contributed by atoms with Crippen LogP contribution in [0, 0.1) is 25.5 Å². The van der Waals surface area contributed by atoms with Crippen molar-refractivity contribution in [1.29, 1.82) is 0 Å². The molecule has 5 nitrogen and oxygen atoms in total. The minimum Gasteiger partial charge on any atom is -0.352 e. The van der Waals surface area contributed by atoms with E-state index < -0.39 is 17.5 Å². The molecule has 2 aromatic carbocycles. The molecule has 28 heavy (non-hydrogen) atoms. The molecule has 0 aliphatic rings. The number of thiazole rings is 1. The van der Waals surface area contributed by atoms with Crippen LogP contribution in [0.5, 0.6) is 0 Å². The van der Waals surface area contributed by atoms with E-state index >= 15 is 0 Å². The fourth-order valence-electron chi connectivity index (χ4n) is 2.83. The summed E-state index contributed by atoms with van der Waals surface area (Å²) in [6.07, 6.45) is 0.559. The molecule has 146 valence electrons. The van der Waals surface area contributed by atoms with E-state index in [1.165, 1.54) is 11.3 Å². The fourth-order valence-corrected chi connectivity index (χ4v) is 3.88. The van der Waals surface area contributed by atoms with Crippen molar-refractivity contribution in [3.05, 3.63) is 58.7 Å². The smallest absolute Gasteiger partial charge is 0.254 e. The highest BCUT2D eigenvalue weighted by Gasteiger charge is 2.13. The van der Waals surface area contributed by atoms with Gasteiger partial charge in [-0.05, 0) is 49.6 Å². The third-order valence-corrected chi connectivity index (χ3v) is 5.04. The lowest BCUT2D eigenvalue weighted by Gasteiger charge is -2.06. The molecule has 0 atom stereocenters. The molecule has 2 amide bonds. The molecule has 0 aliphatic heterocycles. The number of amides is 2. The van der Waals surface area contributed by atoms with Gasteiger partial charge in [0.25, 0.3) is 5.91 Å². The SMILES string of the molecule is Cc1cc(C)c2nc(NC(=O)CCCNC(=O)c3ccc(F)cc3F)sc2c1. The van der Waals surface area contributed by atoms with Crippen LogP contribution in [0.4, 0.5) is 13.9 Å². The lowest BCUT2D eigenvalue weighted by Crippen LogP contribution is -2.26. The van der Waals surface area contributed by atoms with Crippen LogP contribution in [0.3, 0.4) is 0 Å². The lowest BCUT2D eigenvalue weighted by atomic mass is 10.1. The number of carbonyl (C=O) groups excluding carboxylic acids is 2. The van der Waals surface area contributed by atoms with Gasteiger partial charge in [-0.3, -0.25) is 9.59 Å². The largest absolute Gasteiger partial charge is 0.352 e. The van der Waals surface area contributed by atoms with Crippen molar-refractivity contribution >= 4 is 38.5 Å². The first-order valence-electron chi connectivity index (χ1n) is 8.74. The number of rotatable bonds is 6. The number of halogens is 2. The molecule has 0 fully saturated rings. The molecule has 2 N–H and O–H groups in total. The van der Waals surface area contributed by atoms with Crippen LogP contribution < -0.4 is 10.6 Å². The van der Waals surface area contributed by atoms with Crippen LogP contribution >= 0.6 is 11.3 Å².